The molecule has 1 heterocycles. The van der Waals surface area contributed by atoms with E-state index < -0.39 is 0 Å². The summed E-state index contributed by atoms with van der Waals surface area (Å²) in [7, 11) is 2.15. The SMILES string of the molecule is Oc1ccc(O)n1P. The average molecular weight is 131 g/mol. The van der Waals surface area contributed by atoms with Crippen LogP contribution in [0.15, 0.2) is 12.1 Å². The van der Waals surface area contributed by atoms with Crippen molar-refractivity contribution in [3.05, 3.63) is 12.1 Å². The molecule has 0 radical (unpaired) electrons. The van der Waals surface area contributed by atoms with Crippen LogP contribution < -0.4 is 0 Å². The van der Waals surface area contributed by atoms with E-state index in [9.17, 15) is 0 Å². The highest BCUT2D eigenvalue weighted by Gasteiger charge is 1.96. The Morgan fingerprint density at radius 2 is 1.62 bits per heavy atom. The van der Waals surface area contributed by atoms with Crippen molar-refractivity contribution in [2.75, 3.05) is 0 Å². The summed E-state index contributed by atoms with van der Waals surface area (Å²) in [5, 5.41) is 17.4. The number of aromatic hydroxyl groups is 2. The first kappa shape index (κ1) is 5.45. The maximum Gasteiger partial charge on any atom is 0.196 e. The van der Waals surface area contributed by atoms with Gasteiger partial charge < -0.3 is 10.2 Å². The zero-order valence-electron chi connectivity index (χ0n) is 4.07. The predicted molar refractivity (Wildman–Crippen MR) is 32.9 cm³/mol. The summed E-state index contributed by atoms with van der Waals surface area (Å²) >= 11 is 0. The highest BCUT2D eigenvalue weighted by molar-refractivity contribution is 7.14. The molecule has 1 unspecified atom stereocenters. The molecule has 1 rings (SSSR count). The third kappa shape index (κ3) is 0.651. The van der Waals surface area contributed by atoms with Gasteiger partial charge in [-0.3, -0.25) is 4.34 Å². The molecule has 0 aliphatic heterocycles. The maximum atomic E-state index is 8.72. The van der Waals surface area contributed by atoms with Crippen LogP contribution in [0.4, 0.5) is 0 Å². The number of nitrogens with zero attached hydrogens (tertiary/aromatic N) is 1. The topological polar surface area (TPSA) is 45.4 Å². The predicted octanol–water partition coefficient (Wildman–Crippen LogP) is 0.537. The summed E-state index contributed by atoms with van der Waals surface area (Å²) in [6, 6.07) is 2.81. The minimum atomic E-state index is 0.0347. The molecule has 1 aromatic rings. The quantitative estimate of drug-likeness (QED) is 0.504. The summed E-state index contributed by atoms with van der Waals surface area (Å²) < 4.78 is 1.19. The van der Waals surface area contributed by atoms with E-state index in [2.05, 4.69) is 9.39 Å². The normalized spacial score (nSPS) is 9.62. The van der Waals surface area contributed by atoms with Crippen molar-refractivity contribution in [3.63, 3.8) is 0 Å². The number of aromatic nitrogens is 1. The van der Waals surface area contributed by atoms with Gasteiger partial charge in [0.25, 0.3) is 0 Å². The standard InChI is InChI=1S/C4H6NO2P/c6-3-1-2-4(7)5(3)8/h1-2,6-7H,8H2. The molecule has 2 N–H and O–H groups in total. The Balaban J connectivity index is 3.19. The number of rotatable bonds is 0. The highest BCUT2D eigenvalue weighted by Crippen LogP contribution is 2.22. The molecule has 0 amide bonds. The molecule has 0 aliphatic carbocycles. The van der Waals surface area contributed by atoms with Crippen LogP contribution in [-0.2, 0) is 0 Å². The first-order valence-electron chi connectivity index (χ1n) is 2.06. The molecule has 1 atom stereocenters. The Kier molecular flexibility index (Phi) is 1.14. The van der Waals surface area contributed by atoms with E-state index >= 15 is 0 Å². The van der Waals surface area contributed by atoms with E-state index in [0.29, 0.717) is 0 Å². The van der Waals surface area contributed by atoms with Gasteiger partial charge in [-0.05, 0) is 9.39 Å². The van der Waals surface area contributed by atoms with E-state index in [1.165, 1.54) is 16.5 Å². The fraction of sp³-hybridized carbons (Fsp3) is 0. The monoisotopic (exact) mass is 131 g/mol. The van der Waals surface area contributed by atoms with Gasteiger partial charge in [-0.2, -0.15) is 0 Å². The highest BCUT2D eigenvalue weighted by atomic mass is 31.0. The van der Waals surface area contributed by atoms with E-state index in [-0.39, 0.29) is 11.8 Å². The van der Waals surface area contributed by atoms with Gasteiger partial charge in [-0.15, -0.1) is 0 Å². The molecule has 3 nitrogen and oxygen atoms in total. The van der Waals surface area contributed by atoms with Gasteiger partial charge in [-0.25, -0.2) is 0 Å². The van der Waals surface area contributed by atoms with Gasteiger partial charge >= 0.3 is 0 Å². The summed E-state index contributed by atoms with van der Waals surface area (Å²) in [5.74, 6) is 0.0694. The van der Waals surface area contributed by atoms with Gasteiger partial charge in [0.05, 0.1) is 0 Å². The van der Waals surface area contributed by atoms with E-state index in [1.807, 2.05) is 0 Å². The average Bonchev–Trinajstić information content (AvgIpc) is 1.98. The molecule has 0 aliphatic rings. The van der Waals surface area contributed by atoms with Gasteiger partial charge in [0.1, 0.15) is 0 Å². The summed E-state index contributed by atoms with van der Waals surface area (Å²) in [4.78, 5) is 0. The number of hydrogen-bond donors (Lipinski definition) is 2. The second-order valence-corrected chi connectivity index (χ2v) is 1.94. The molecule has 0 fully saturated rings. The molecule has 4 heteroatoms. The third-order valence-corrected chi connectivity index (χ3v) is 1.40. The molecule has 0 bridgehead atoms. The second kappa shape index (κ2) is 1.67. The molecule has 0 saturated heterocycles. The van der Waals surface area contributed by atoms with E-state index in [0.717, 1.165) is 0 Å². The summed E-state index contributed by atoms with van der Waals surface area (Å²) in [5.41, 5.74) is 0. The minimum Gasteiger partial charge on any atom is -0.494 e. The van der Waals surface area contributed by atoms with Crippen LogP contribution in [0.2, 0.25) is 0 Å². The first-order chi connectivity index (χ1) is 3.72. The van der Waals surface area contributed by atoms with Crippen molar-refractivity contribution in [2.24, 2.45) is 0 Å². The van der Waals surface area contributed by atoms with Gasteiger partial charge in [-0.1, -0.05) is 0 Å². The van der Waals surface area contributed by atoms with Crippen molar-refractivity contribution in [1.29, 1.82) is 0 Å². The van der Waals surface area contributed by atoms with Crippen LogP contribution >= 0.6 is 9.39 Å². The Morgan fingerprint density at radius 1 is 1.25 bits per heavy atom. The zero-order valence-corrected chi connectivity index (χ0v) is 5.23. The molecule has 0 spiro atoms. The zero-order chi connectivity index (χ0) is 6.15. The Morgan fingerprint density at radius 3 is 1.75 bits per heavy atom. The van der Waals surface area contributed by atoms with Gasteiger partial charge in [0.2, 0.25) is 0 Å². The molecule has 8 heavy (non-hydrogen) atoms. The lowest BCUT2D eigenvalue weighted by Crippen LogP contribution is -1.72. The lowest BCUT2D eigenvalue weighted by molar-refractivity contribution is 0.416. The van der Waals surface area contributed by atoms with Crippen molar-refractivity contribution in [3.8, 4) is 11.8 Å². The second-order valence-electron chi connectivity index (χ2n) is 1.42. The molecule has 44 valence electrons. The van der Waals surface area contributed by atoms with Crippen molar-refractivity contribution in [2.45, 2.75) is 0 Å². The Hall–Kier alpha value is -0.690. The van der Waals surface area contributed by atoms with Gasteiger partial charge in [0.15, 0.2) is 11.8 Å². The largest absolute Gasteiger partial charge is 0.494 e. The van der Waals surface area contributed by atoms with Crippen LogP contribution in [0, 0.1) is 0 Å². The third-order valence-electron chi connectivity index (χ3n) is 0.875. The minimum absolute atomic E-state index is 0.0347. The molecule has 1 aromatic heterocycles. The molecule has 0 saturated carbocycles. The van der Waals surface area contributed by atoms with Crippen LogP contribution in [0.1, 0.15) is 0 Å². The molecular weight excluding hydrogens is 125 g/mol. The molecular formula is C4H6NO2P. The Labute approximate surface area is 48.8 Å². The fourth-order valence-electron chi connectivity index (χ4n) is 0.427. The van der Waals surface area contributed by atoms with Crippen molar-refractivity contribution < 1.29 is 10.2 Å². The summed E-state index contributed by atoms with van der Waals surface area (Å²) in [6.45, 7) is 0. The summed E-state index contributed by atoms with van der Waals surface area (Å²) in [6.07, 6.45) is 0. The van der Waals surface area contributed by atoms with Crippen LogP contribution in [0.3, 0.4) is 0 Å². The number of hydrogen-bond acceptors (Lipinski definition) is 2. The van der Waals surface area contributed by atoms with Crippen molar-refractivity contribution >= 4 is 9.39 Å². The lowest BCUT2D eigenvalue weighted by atomic mass is 10.6. The van der Waals surface area contributed by atoms with E-state index in [4.69, 9.17) is 10.2 Å². The van der Waals surface area contributed by atoms with Crippen LogP contribution in [-0.4, -0.2) is 14.6 Å². The van der Waals surface area contributed by atoms with Crippen molar-refractivity contribution in [1.82, 2.24) is 4.34 Å². The van der Waals surface area contributed by atoms with E-state index in [1.54, 1.807) is 0 Å². The Bertz CT molecular complexity index is 176. The molecule has 0 aromatic carbocycles. The maximum absolute atomic E-state index is 8.72. The lowest BCUT2D eigenvalue weighted by Gasteiger charge is -1.92. The first-order valence-corrected chi connectivity index (χ1v) is 2.58. The van der Waals surface area contributed by atoms with Gasteiger partial charge in [0, 0.05) is 12.1 Å². The van der Waals surface area contributed by atoms with Crippen LogP contribution in [0.5, 0.6) is 11.8 Å². The fourth-order valence-corrected chi connectivity index (χ4v) is 0.599. The smallest absolute Gasteiger partial charge is 0.196 e. The van der Waals surface area contributed by atoms with Crippen LogP contribution in [0.25, 0.3) is 0 Å².